The maximum atomic E-state index is 12.3. The lowest BCUT2D eigenvalue weighted by molar-refractivity contribution is -0.132. The molecule has 1 heterocycles. The highest BCUT2D eigenvalue weighted by molar-refractivity contribution is 7.16. The lowest BCUT2D eigenvalue weighted by Crippen LogP contribution is -2.27. The summed E-state index contributed by atoms with van der Waals surface area (Å²) in [5, 5.41) is 21.5. The second kappa shape index (κ2) is 7.88. The molecule has 0 bridgehead atoms. The van der Waals surface area contributed by atoms with Gasteiger partial charge in [-0.3, -0.25) is 4.79 Å². The number of aliphatic carboxylic acids is 1. The first-order valence-corrected chi connectivity index (χ1v) is 8.97. The number of aromatic hydroxyl groups is 1. The Kier molecular flexibility index (Phi) is 5.38. The van der Waals surface area contributed by atoms with Gasteiger partial charge in [-0.25, -0.2) is 4.79 Å². The van der Waals surface area contributed by atoms with Crippen LogP contribution >= 0.6 is 11.3 Å². The molecular formula is C21H17NO4S. The van der Waals surface area contributed by atoms with Gasteiger partial charge in [0, 0.05) is 9.75 Å². The van der Waals surface area contributed by atoms with Crippen molar-refractivity contribution < 1.29 is 19.8 Å². The van der Waals surface area contributed by atoms with Crippen LogP contribution in [0.25, 0.3) is 16.5 Å². The number of carboxylic acid groups (broad SMARTS) is 1. The van der Waals surface area contributed by atoms with Gasteiger partial charge in [-0.05, 0) is 48.4 Å². The van der Waals surface area contributed by atoms with Gasteiger partial charge in [0.15, 0.2) is 0 Å². The zero-order chi connectivity index (χ0) is 19.4. The minimum Gasteiger partial charge on any atom is -0.507 e. The summed E-state index contributed by atoms with van der Waals surface area (Å²) in [7, 11) is 0. The van der Waals surface area contributed by atoms with Crippen LogP contribution in [0.4, 0.5) is 0 Å². The van der Waals surface area contributed by atoms with Crippen LogP contribution in [0.5, 0.6) is 5.75 Å². The molecule has 0 radical (unpaired) electrons. The molecule has 6 heteroatoms. The monoisotopic (exact) mass is 379 g/mol. The van der Waals surface area contributed by atoms with Gasteiger partial charge in [0.1, 0.15) is 11.4 Å². The van der Waals surface area contributed by atoms with Crippen LogP contribution in [-0.2, 0) is 4.79 Å². The summed E-state index contributed by atoms with van der Waals surface area (Å²) >= 11 is 1.43. The standard InChI is InChI=1S/C21H17NO4S/c1-13-6-2-3-7-15(13)19-11-10-14(27-19)12-17(21(25)26)22-20(24)16-8-4-5-9-18(16)23/h2-12,23H,1H3,(H,22,24)(H,25,26). The number of thiophene rings is 1. The molecule has 0 aliphatic heterocycles. The van der Waals surface area contributed by atoms with Crippen LogP contribution in [-0.4, -0.2) is 22.1 Å². The fraction of sp³-hybridized carbons (Fsp3) is 0.0476. The van der Waals surface area contributed by atoms with Crippen LogP contribution < -0.4 is 5.32 Å². The SMILES string of the molecule is Cc1ccccc1-c1ccc(C=C(NC(=O)c2ccccc2O)C(=O)O)s1. The van der Waals surface area contributed by atoms with Gasteiger partial charge in [-0.15, -0.1) is 11.3 Å². The van der Waals surface area contributed by atoms with Gasteiger partial charge >= 0.3 is 5.97 Å². The molecule has 0 saturated heterocycles. The molecule has 1 amide bonds. The molecule has 3 N–H and O–H groups in total. The molecule has 3 rings (SSSR count). The lowest BCUT2D eigenvalue weighted by Gasteiger charge is -2.07. The molecular weight excluding hydrogens is 362 g/mol. The minimum absolute atomic E-state index is 0.0106. The van der Waals surface area contributed by atoms with Crippen molar-refractivity contribution in [1.82, 2.24) is 5.32 Å². The fourth-order valence-electron chi connectivity index (χ4n) is 2.57. The Morgan fingerprint density at radius 3 is 2.41 bits per heavy atom. The predicted molar refractivity (Wildman–Crippen MR) is 106 cm³/mol. The summed E-state index contributed by atoms with van der Waals surface area (Å²) in [5.74, 6) is -2.15. The molecule has 0 atom stereocenters. The molecule has 27 heavy (non-hydrogen) atoms. The number of nitrogens with one attached hydrogen (secondary N) is 1. The van der Waals surface area contributed by atoms with E-state index >= 15 is 0 Å². The van der Waals surface area contributed by atoms with Gasteiger partial charge in [0.2, 0.25) is 0 Å². The molecule has 136 valence electrons. The molecule has 0 unspecified atom stereocenters. The van der Waals surface area contributed by atoms with E-state index in [1.165, 1.54) is 29.5 Å². The third-order valence-corrected chi connectivity index (χ3v) is 5.02. The van der Waals surface area contributed by atoms with Gasteiger partial charge in [0.25, 0.3) is 5.91 Å². The number of benzene rings is 2. The minimum atomic E-state index is -1.26. The Hall–Kier alpha value is -3.38. The number of carbonyl (C=O) groups is 2. The van der Waals surface area contributed by atoms with Crippen molar-refractivity contribution in [3.8, 4) is 16.2 Å². The summed E-state index contributed by atoms with van der Waals surface area (Å²) in [6, 6.07) is 17.6. The zero-order valence-corrected chi connectivity index (χ0v) is 15.3. The molecule has 3 aromatic rings. The zero-order valence-electron chi connectivity index (χ0n) is 14.5. The number of phenolic OH excluding ortho intramolecular Hbond substituents is 1. The Labute approximate surface area is 160 Å². The largest absolute Gasteiger partial charge is 0.507 e. The van der Waals surface area contributed by atoms with Crippen LogP contribution in [0.3, 0.4) is 0 Å². The Bertz CT molecular complexity index is 1040. The Morgan fingerprint density at radius 2 is 1.70 bits per heavy atom. The quantitative estimate of drug-likeness (QED) is 0.577. The van der Waals surface area contributed by atoms with Gasteiger partial charge in [-0.2, -0.15) is 0 Å². The molecule has 1 aromatic heterocycles. The molecule has 0 aliphatic carbocycles. The number of hydrogen-bond donors (Lipinski definition) is 3. The van der Waals surface area contributed by atoms with E-state index in [-0.39, 0.29) is 17.0 Å². The van der Waals surface area contributed by atoms with Crippen molar-refractivity contribution in [3.05, 3.63) is 82.4 Å². The van der Waals surface area contributed by atoms with Crippen molar-refractivity contribution in [2.45, 2.75) is 6.92 Å². The molecule has 0 aliphatic rings. The molecule has 0 fully saturated rings. The topological polar surface area (TPSA) is 86.6 Å². The van der Waals surface area contributed by atoms with E-state index in [1.54, 1.807) is 12.1 Å². The van der Waals surface area contributed by atoms with Gasteiger partial charge in [0.05, 0.1) is 5.56 Å². The number of carboxylic acids is 1. The lowest BCUT2D eigenvalue weighted by atomic mass is 10.1. The summed E-state index contributed by atoms with van der Waals surface area (Å²) < 4.78 is 0. The number of phenols is 1. The van der Waals surface area contributed by atoms with E-state index in [9.17, 15) is 19.8 Å². The highest BCUT2D eigenvalue weighted by atomic mass is 32.1. The van der Waals surface area contributed by atoms with E-state index < -0.39 is 11.9 Å². The van der Waals surface area contributed by atoms with Crippen molar-refractivity contribution in [3.63, 3.8) is 0 Å². The number of hydrogen-bond acceptors (Lipinski definition) is 4. The van der Waals surface area contributed by atoms with E-state index in [2.05, 4.69) is 5.32 Å². The third-order valence-electron chi connectivity index (χ3n) is 3.95. The van der Waals surface area contributed by atoms with Crippen molar-refractivity contribution in [2.24, 2.45) is 0 Å². The van der Waals surface area contributed by atoms with Gasteiger partial charge in [-0.1, -0.05) is 36.4 Å². The summed E-state index contributed by atoms with van der Waals surface area (Å²) in [5.41, 5.74) is 1.95. The maximum absolute atomic E-state index is 12.3. The maximum Gasteiger partial charge on any atom is 0.352 e. The number of aryl methyl sites for hydroxylation is 1. The summed E-state index contributed by atoms with van der Waals surface area (Å²) in [4.78, 5) is 25.5. The van der Waals surface area contributed by atoms with E-state index in [0.717, 1.165) is 16.0 Å². The normalized spacial score (nSPS) is 11.2. The van der Waals surface area contributed by atoms with Crippen LogP contribution in [0.1, 0.15) is 20.8 Å². The molecule has 5 nitrogen and oxygen atoms in total. The highest BCUT2D eigenvalue weighted by Gasteiger charge is 2.16. The van der Waals surface area contributed by atoms with Crippen molar-refractivity contribution in [1.29, 1.82) is 0 Å². The number of rotatable bonds is 5. The van der Waals surface area contributed by atoms with E-state index in [1.807, 2.05) is 43.3 Å². The first-order valence-electron chi connectivity index (χ1n) is 8.16. The van der Waals surface area contributed by atoms with E-state index in [0.29, 0.717) is 4.88 Å². The summed E-state index contributed by atoms with van der Waals surface area (Å²) in [6.07, 6.45) is 1.41. The molecule has 0 spiro atoms. The molecule has 2 aromatic carbocycles. The number of para-hydroxylation sites is 1. The second-order valence-electron chi connectivity index (χ2n) is 5.85. The predicted octanol–water partition coefficient (Wildman–Crippen LogP) is 4.28. The second-order valence-corrected chi connectivity index (χ2v) is 6.97. The van der Waals surface area contributed by atoms with Crippen molar-refractivity contribution >= 4 is 29.3 Å². The number of amides is 1. The van der Waals surface area contributed by atoms with Crippen LogP contribution in [0.15, 0.2) is 66.4 Å². The average Bonchev–Trinajstić information content (AvgIpc) is 3.10. The first kappa shape index (κ1) is 18.4. The van der Waals surface area contributed by atoms with E-state index in [4.69, 9.17) is 0 Å². The van der Waals surface area contributed by atoms with Crippen LogP contribution in [0, 0.1) is 6.92 Å². The fourth-order valence-corrected chi connectivity index (χ4v) is 3.62. The molecule has 0 saturated carbocycles. The van der Waals surface area contributed by atoms with Gasteiger partial charge < -0.3 is 15.5 Å². The smallest absolute Gasteiger partial charge is 0.352 e. The Morgan fingerprint density at radius 1 is 1.00 bits per heavy atom. The third kappa shape index (κ3) is 4.24. The highest BCUT2D eigenvalue weighted by Crippen LogP contribution is 2.31. The van der Waals surface area contributed by atoms with Crippen molar-refractivity contribution in [2.75, 3.05) is 0 Å². The van der Waals surface area contributed by atoms with Crippen LogP contribution in [0.2, 0.25) is 0 Å². The summed E-state index contributed by atoms with van der Waals surface area (Å²) in [6.45, 7) is 2.01. The average molecular weight is 379 g/mol. The Balaban J connectivity index is 1.87. The number of carbonyl (C=O) groups excluding carboxylic acids is 1. The first-order chi connectivity index (χ1) is 13.0.